The first-order valence-electron chi connectivity index (χ1n) is 5.92. The highest BCUT2D eigenvalue weighted by Crippen LogP contribution is 2.14. The van der Waals surface area contributed by atoms with E-state index in [-0.39, 0.29) is 0 Å². The minimum atomic E-state index is 0.476. The predicted molar refractivity (Wildman–Crippen MR) is 68.7 cm³/mol. The Labute approximate surface area is 106 Å². The number of nitrogens with zero attached hydrogens (tertiary/aromatic N) is 2. The predicted octanol–water partition coefficient (Wildman–Crippen LogP) is 2.37. The average molecular weight is 244 g/mol. The van der Waals surface area contributed by atoms with Gasteiger partial charge in [-0.05, 0) is 36.8 Å². The molecule has 1 heterocycles. The molecule has 1 aromatic carbocycles. The molecule has 0 radical (unpaired) electrons. The van der Waals surface area contributed by atoms with Gasteiger partial charge in [0.15, 0.2) is 0 Å². The van der Waals surface area contributed by atoms with Crippen molar-refractivity contribution in [2.45, 2.75) is 20.0 Å². The van der Waals surface area contributed by atoms with E-state index in [2.05, 4.69) is 12.0 Å². The Morgan fingerprint density at radius 1 is 1.33 bits per heavy atom. The van der Waals surface area contributed by atoms with E-state index in [1.165, 1.54) is 0 Å². The third-order valence-corrected chi connectivity index (χ3v) is 2.79. The van der Waals surface area contributed by atoms with Gasteiger partial charge in [-0.1, -0.05) is 6.92 Å². The van der Waals surface area contributed by atoms with Crippen molar-refractivity contribution in [3.63, 3.8) is 0 Å². The number of ether oxygens (including phenoxy) is 1. The smallest absolute Gasteiger partial charge is 0.150 e. The van der Waals surface area contributed by atoms with E-state index in [1.807, 2.05) is 17.8 Å². The number of rotatable bonds is 5. The van der Waals surface area contributed by atoms with E-state index >= 15 is 0 Å². The summed E-state index contributed by atoms with van der Waals surface area (Å²) < 4.78 is 7.49. The zero-order valence-corrected chi connectivity index (χ0v) is 10.6. The minimum Gasteiger partial charge on any atom is -0.487 e. The Kier molecular flexibility index (Phi) is 3.77. The Hall–Kier alpha value is -2.10. The summed E-state index contributed by atoms with van der Waals surface area (Å²) in [4.78, 5) is 10.5. The topological polar surface area (TPSA) is 44.1 Å². The van der Waals surface area contributed by atoms with Gasteiger partial charge in [0.05, 0.1) is 11.4 Å². The van der Waals surface area contributed by atoms with E-state index < -0.39 is 0 Å². The summed E-state index contributed by atoms with van der Waals surface area (Å²) >= 11 is 0. The molecule has 4 nitrogen and oxygen atoms in total. The number of benzene rings is 1. The number of carbonyl (C=O) groups excluding carboxylic acids is 1. The molecule has 0 spiro atoms. The lowest BCUT2D eigenvalue weighted by molar-refractivity contribution is 0.112. The zero-order chi connectivity index (χ0) is 13.0. The van der Waals surface area contributed by atoms with Crippen molar-refractivity contribution in [1.29, 1.82) is 0 Å². The summed E-state index contributed by atoms with van der Waals surface area (Å²) in [5, 5.41) is 4.36. The summed E-state index contributed by atoms with van der Waals surface area (Å²) in [6.45, 7) is 2.55. The zero-order valence-electron chi connectivity index (χ0n) is 10.6. The maximum absolute atomic E-state index is 10.5. The first-order chi connectivity index (χ1) is 8.72. The lowest BCUT2D eigenvalue weighted by atomic mass is 10.2. The molecule has 0 amide bonds. The van der Waals surface area contributed by atoms with E-state index in [9.17, 15) is 4.79 Å². The van der Waals surface area contributed by atoms with Gasteiger partial charge in [0.25, 0.3) is 0 Å². The molecule has 2 rings (SSSR count). The van der Waals surface area contributed by atoms with Crippen LogP contribution in [0.2, 0.25) is 0 Å². The molecule has 0 unspecified atom stereocenters. The Bertz CT molecular complexity index is 529. The van der Waals surface area contributed by atoms with Crippen LogP contribution in [0.3, 0.4) is 0 Å². The number of hydrogen-bond donors (Lipinski definition) is 0. The second-order valence-corrected chi connectivity index (χ2v) is 4.08. The van der Waals surface area contributed by atoms with Crippen LogP contribution in [-0.2, 0) is 20.1 Å². The lowest BCUT2D eigenvalue weighted by Gasteiger charge is -2.06. The van der Waals surface area contributed by atoms with E-state index in [0.29, 0.717) is 12.2 Å². The third kappa shape index (κ3) is 2.77. The van der Waals surface area contributed by atoms with Gasteiger partial charge in [-0.15, -0.1) is 0 Å². The minimum absolute atomic E-state index is 0.476. The number of aromatic nitrogens is 2. The van der Waals surface area contributed by atoms with Gasteiger partial charge in [0.1, 0.15) is 18.6 Å². The van der Waals surface area contributed by atoms with Crippen LogP contribution >= 0.6 is 0 Å². The van der Waals surface area contributed by atoms with Gasteiger partial charge in [-0.3, -0.25) is 9.48 Å². The molecule has 94 valence electrons. The van der Waals surface area contributed by atoms with Crippen LogP contribution in [0.1, 0.15) is 28.7 Å². The summed E-state index contributed by atoms with van der Waals surface area (Å²) in [7, 11) is 1.91. The Morgan fingerprint density at radius 3 is 2.61 bits per heavy atom. The fourth-order valence-electron chi connectivity index (χ4n) is 1.68. The van der Waals surface area contributed by atoms with Crippen molar-refractivity contribution in [1.82, 2.24) is 9.78 Å². The molecule has 0 aliphatic carbocycles. The molecular formula is C14H16N2O2. The molecule has 0 atom stereocenters. The van der Waals surface area contributed by atoms with Crippen LogP contribution in [-0.4, -0.2) is 16.1 Å². The van der Waals surface area contributed by atoms with Crippen molar-refractivity contribution in [2.24, 2.45) is 7.05 Å². The van der Waals surface area contributed by atoms with Gasteiger partial charge >= 0.3 is 0 Å². The highest BCUT2D eigenvalue weighted by Gasteiger charge is 2.04. The van der Waals surface area contributed by atoms with E-state index in [1.54, 1.807) is 24.3 Å². The van der Waals surface area contributed by atoms with E-state index in [0.717, 1.165) is 29.8 Å². The molecule has 0 bridgehead atoms. The van der Waals surface area contributed by atoms with Crippen LogP contribution in [0.15, 0.2) is 30.3 Å². The van der Waals surface area contributed by atoms with Crippen molar-refractivity contribution >= 4 is 6.29 Å². The third-order valence-electron chi connectivity index (χ3n) is 2.79. The van der Waals surface area contributed by atoms with Crippen molar-refractivity contribution in [3.05, 3.63) is 47.3 Å². The molecule has 0 aliphatic rings. The molecule has 4 heteroatoms. The van der Waals surface area contributed by atoms with Gasteiger partial charge in [0, 0.05) is 12.6 Å². The molecule has 0 saturated carbocycles. The fourth-order valence-corrected chi connectivity index (χ4v) is 1.68. The van der Waals surface area contributed by atoms with Crippen LogP contribution in [0.25, 0.3) is 0 Å². The molecule has 0 fully saturated rings. The number of aryl methyl sites for hydroxylation is 2. The summed E-state index contributed by atoms with van der Waals surface area (Å²) in [5.74, 6) is 0.750. The number of carbonyl (C=O) groups is 1. The maximum atomic E-state index is 10.5. The van der Waals surface area contributed by atoms with Gasteiger partial charge in [-0.25, -0.2) is 0 Å². The molecule has 1 aromatic heterocycles. The Morgan fingerprint density at radius 2 is 2.06 bits per heavy atom. The molecular weight excluding hydrogens is 228 g/mol. The largest absolute Gasteiger partial charge is 0.487 e. The first-order valence-corrected chi connectivity index (χ1v) is 5.92. The van der Waals surface area contributed by atoms with Gasteiger partial charge < -0.3 is 4.74 Å². The quantitative estimate of drug-likeness (QED) is 0.758. The molecule has 0 N–H and O–H groups in total. The molecule has 0 aliphatic heterocycles. The van der Waals surface area contributed by atoms with Crippen LogP contribution in [0, 0.1) is 0 Å². The van der Waals surface area contributed by atoms with Gasteiger partial charge in [0.2, 0.25) is 0 Å². The van der Waals surface area contributed by atoms with Crippen LogP contribution in [0.5, 0.6) is 5.75 Å². The maximum Gasteiger partial charge on any atom is 0.150 e. The van der Waals surface area contributed by atoms with Crippen LogP contribution in [0.4, 0.5) is 0 Å². The monoisotopic (exact) mass is 244 g/mol. The lowest BCUT2D eigenvalue weighted by Crippen LogP contribution is -2.03. The Balaban J connectivity index is 2.01. The molecule has 0 saturated heterocycles. The average Bonchev–Trinajstić information content (AvgIpc) is 2.77. The standard InChI is InChI=1S/C14H16N2O2/c1-3-12-8-13(16(2)15-12)10-18-14-6-4-11(9-17)5-7-14/h4-9H,3,10H2,1-2H3. The number of hydrogen-bond acceptors (Lipinski definition) is 3. The summed E-state index contributed by atoms with van der Waals surface area (Å²) in [6.07, 6.45) is 1.74. The highest BCUT2D eigenvalue weighted by atomic mass is 16.5. The van der Waals surface area contributed by atoms with Crippen molar-refractivity contribution < 1.29 is 9.53 Å². The number of aldehydes is 1. The summed E-state index contributed by atoms with van der Waals surface area (Å²) in [5.41, 5.74) is 2.75. The SMILES string of the molecule is CCc1cc(COc2ccc(C=O)cc2)n(C)n1. The normalized spacial score (nSPS) is 10.3. The highest BCUT2D eigenvalue weighted by molar-refractivity contribution is 5.74. The van der Waals surface area contributed by atoms with Gasteiger partial charge in [-0.2, -0.15) is 5.10 Å². The summed E-state index contributed by atoms with van der Waals surface area (Å²) in [6, 6.07) is 9.10. The second kappa shape index (κ2) is 5.49. The molecule has 2 aromatic rings. The van der Waals surface area contributed by atoms with Crippen molar-refractivity contribution in [2.75, 3.05) is 0 Å². The van der Waals surface area contributed by atoms with Crippen molar-refractivity contribution in [3.8, 4) is 5.75 Å². The molecule has 18 heavy (non-hydrogen) atoms. The first kappa shape index (κ1) is 12.4. The van der Waals surface area contributed by atoms with Crippen LogP contribution < -0.4 is 4.74 Å². The second-order valence-electron chi connectivity index (χ2n) is 4.08. The van der Waals surface area contributed by atoms with E-state index in [4.69, 9.17) is 4.74 Å². The fraction of sp³-hybridized carbons (Fsp3) is 0.286.